The van der Waals surface area contributed by atoms with Gasteiger partial charge in [0, 0.05) is 17.3 Å². The highest BCUT2D eigenvalue weighted by atomic mass is 32.2. The monoisotopic (exact) mass is 294 g/mol. The standard InChI is InChI=1S/C12H14N4O3S/c1-6-3-8(19-10(6)11(18)16-13)5-20-12-14-7(2)4-9(17)15-12/h3-4H,5,13H2,1-2H3,(H,16,18)(H,14,15,17). The van der Waals surface area contributed by atoms with Crippen molar-refractivity contribution in [2.75, 3.05) is 0 Å². The van der Waals surface area contributed by atoms with Crippen molar-refractivity contribution < 1.29 is 9.21 Å². The molecule has 8 heteroatoms. The Morgan fingerprint density at radius 2 is 2.25 bits per heavy atom. The molecule has 2 aromatic rings. The van der Waals surface area contributed by atoms with Gasteiger partial charge in [-0.05, 0) is 19.9 Å². The lowest BCUT2D eigenvalue weighted by atomic mass is 10.2. The lowest BCUT2D eigenvalue weighted by Crippen LogP contribution is -2.30. The summed E-state index contributed by atoms with van der Waals surface area (Å²) in [4.78, 5) is 29.5. The molecule has 0 aliphatic heterocycles. The summed E-state index contributed by atoms with van der Waals surface area (Å²) in [6, 6.07) is 3.18. The number of furan rings is 1. The van der Waals surface area contributed by atoms with E-state index in [-0.39, 0.29) is 11.3 Å². The number of carbonyl (C=O) groups excluding carboxylic acids is 1. The fourth-order valence-electron chi connectivity index (χ4n) is 1.67. The van der Waals surface area contributed by atoms with Crippen molar-refractivity contribution in [2.45, 2.75) is 24.8 Å². The molecule has 4 N–H and O–H groups in total. The molecule has 0 saturated heterocycles. The van der Waals surface area contributed by atoms with E-state index in [1.54, 1.807) is 19.9 Å². The van der Waals surface area contributed by atoms with Gasteiger partial charge in [0.25, 0.3) is 5.56 Å². The third kappa shape index (κ3) is 3.28. The minimum atomic E-state index is -0.471. The number of aromatic amines is 1. The van der Waals surface area contributed by atoms with E-state index in [2.05, 4.69) is 9.97 Å². The van der Waals surface area contributed by atoms with Crippen LogP contribution in [0.1, 0.15) is 27.6 Å². The summed E-state index contributed by atoms with van der Waals surface area (Å²) in [6.45, 7) is 3.51. The molecule has 0 spiro atoms. The van der Waals surface area contributed by atoms with Gasteiger partial charge in [-0.3, -0.25) is 15.0 Å². The molecule has 0 aliphatic rings. The lowest BCUT2D eigenvalue weighted by molar-refractivity contribution is 0.0923. The van der Waals surface area contributed by atoms with Crippen molar-refractivity contribution in [2.24, 2.45) is 5.84 Å². The minimum Gasteiger partial charge on any atom is -0.455 e. The van der Waals surface area contributed by atoms with Gasteiger partial charge in [-0.25, -0.2) is 10.8 Å². The van der Waals surface area contributed by atoms with Crippen molar-refractivity contribution in [3.63, 3.8) is 0 Å². The average Bonchev–Trinajstić information content (AvgIpc) is 2.76. The van der Waals surface area contributed by atoms with Crippen LogP contribution >= 0.6 is 11.8 Å². The molecule has 106 valence electrons. The first kappa shape index (κ1) is 14.4. The summed E-state index contributed by atoms with van der Waals surface area (Å²) in [5.41, 5.74) is 3.18. The normalized spacial score (nSPS) is 10.6. The van der Waals surface area contributed by atoms with Crippen LogP contribution in [0, 0.1) is 13.8 Å². The first-order valence-electron chi connectivity index (χ1n) is 5.80. The van der Waals surface area contributed by atoms with Crippen LogP contribution in [0.25, 0.3) is 0 Å². The van der Waals surface area contributed by atoms with Crippen LogP contribution in [0.2, 0.25) is 0 Å². The van der Waals surface area contributed by atoms with Crippen molar-refractivity contribution >= 4 is 17.7 Å². The number of nitrogens with two attached hydrogens (primary N) is 1. The number of nitrogens with one attached hydrogen (secondary N) is 2. The second-order valence-corrected chi connectivity index (χ2v) is 5.14. The average molecular weight is 294 g/mol. The van der Waals surface area contributed by atoms with E-state index in [0.717, 1.165) is 0 Å². The summed E-state index contributed by atoms with van der Waals surface area (Å²) < 4.78 is 5.42. The van der Waals surface area contributed by atoms with Crippen LogP contribution in [-0.4, -0.2) is 15.9 Å². The topological polar surface area (TPSA) is 114 Å². The maximum absolute atomic E-state index is 11.4. The van der Waals surface area contributed by atoms with Crippen molar-refractivity contribution in [1.29, 1.82) is 0 Å². The zero-order valence-corrected chi connectivity index (χ0v) is 11.8. The highest BCUT2D eigenvalue weighted by molar-refractivity contribution is 7.98. The van der Waals surface area contributed by atoms with Gasteiger partial charge < -0.3 is 9.40 Å². The smallest absolute Gasteiger partial charge is 0.301 e. The number of H-pyrrole nitrogens is 1. The molecule has 0 aromatic carbocycles. The summed E-state index contributed by atoms with van der Waals surface area (Å²) >= 11 is 1.32. The third-order valence-corrected chi connectivity index (χ3v) is 3.40. The SMILES string of the molecule is Cc1cc(=O)[nH]c(SCc2cc(C)c(C(=O)NN)o2)n1. The predicted molar refractivity (Wildman–Crippen MR) is 74.3 cm³/mol. The number of aromatic nitrogens is 2. The fraction of sp³-hybridized carbons (Fsp3) is 0.250. The van der Waals surface area contributed by atoms with Gasteiger partial charge in [0.2, 0.25) is 0 Å². The zero-order valence-electron chi connectivity index (χ0n) is 11.0. The van der Waals surface area contributed by atoms with E-state index in [1.165, 1.54) is 17.8 Å². The van der Waals surface area contributed by atoms with Crippen LogP contribution in [-0.2, 0) is 5.75 Å². The Morgan fingerprint density at radius 1 is 1.50 bits per heavy atom. The molecule has 0 fully saturated rings. The Bertz CT molecular complexity index is 692. The first-order chi connectivity index (χ1) is 9.49. The number of thioether (sulfide) groups is 1. The Hall–Kier alpha value is -2.06. The summed E-state index contributed by atoms with van der Waals surface area (Å²) in [5, 5.41) is 0.508. The number of rotatable bonds is 4. The number of carbonyl (C=O) groups is 1. The van der Waals surface area contributed by atoms with Crippen molar-refractivity contribution in [3.05, 3.63) is 45.3 Å². The van der Waals surface area contributed by atoms with Gasteiger partial charge in [-0.15, -0.1) is 0 Å². The van der Waals surface area contributed by atoms with Gasteiger partial charge in [-0.2, -0.15) is 0 Å². The molecular formula is C12H14N4O3S. The maximum atomic E-state index is 11.4. The van der Waals surface area contributed by atoms with E-state index < -0.39 is 5.91 Å². The van der Waals surface area contributed by atoms with Crippen LogP contribution in [0.5, 0.6) is 0 Å². The van der Waals surface area contributed by atoms with E-state index in [9.17, 15) is 9.59 Å². The molecule has 0 atom stereocenters. The number of hydrogen-bond donors (Lipinski definition) is 3. The Labute approximate surface area is 118 Å². The maximum Gasteiger partial charge on any atom is 0.301 e. The number of nitrogen functional groups attached to an aromatic ring is 1. The van der Waals surface area contributed by atoms with Gasteiger partial charge in [0.15, 0.2) is 10.9 Å². The van der Waals surface area contributed by atoms with E-state index in [4.69, 9.17) is 10.3 Å². The van der Waals surface area contributed by atoms with Gasteiger partial charge >= 0.3 is 5.91 Å². The molecule has 2 rings (SSSR count). The number of aryl methyl sites for hydroxylation is 2. The van der Waals surface area contributed by atoms with Crippen LogP contribution in [0.4, 0.5) is 0 Å². The highest BCUT2D eigenvalue weighted by Crippen LogP contribution is 2.22. The minimum absolute atomic E-state index is 0.189. The molecule has 1 amide bonds. The lowest BCUT2D eigenvalue weighted by Gasteiger charge is -1.99. The Morgan fingerprint density at radius 3 is 2.90 bits per heavy atom. The van der Waals surface area contributed by atoms with E-state index >= 15 is 0 Å². The molecule has 2 heterocycles. The largest absolute Gasteiger partial charge is 0.455 e. The highest BCUT2D eigenvalue weighted by Gasteiger charge is 2.14. The van der Waals surface area contributed by atoms with E-state index in [1.807, 2.05) is 5.43 Å². The summed E-state index contributed by atoms with van der Waals surface area (Å²) in [6.07, 6.45) is 0. The van der Waals surface area contributed by atoms with Crippen molar-refractivity contribution in [3.8, 4) is 0 Å². The number of nitrogens with zero attached hydrogens (tertiary/aromatic N) is 1. The van der Waals surface area contributed by atoms with Crippen LogP contribution in [0.3, 0.4) is 0 Å². The molecule has 0 unspecified atom stereocenters. The molecule has 7 nitrogen and oxygen atoms in total. The quantitative estimate of drug-likeness (QED) is 0.253. The number of hydrazine groups is 1. The molecule has 0 saturated carbocycles. The van der Waals surface area contributed by atoms with Gasteiger partial charge in [0.1, 0.15) is 5.76 Å². The summed E-state index contributed by atoms with van der Waals surface area (Å²) in [7, 11) is 0. The van der Waals surface area contributed by atoms with Crippen molar-refractivity contribution in [1.82, 2.24) is 15.4 Å². The second kappa shape index (κ2) is 5.93. The molecular weight excluding hydrogens is 280 g/mol. The van der Waals surface area contributed by atoms with Gasteiger partial charge in [-0.1, -0.05) is 11.8 Å². The predicted octanol–water partition coefficient (Wildman–Crippen LogP) is 0.876. The van der Waals surface area contributed by atoms with Crippen LogP contribution in [0.15, 0.2) is 26.5 Å². The second-order valence-electron chi connectivity index (χ2n) is 4.18. The third-order valence-electron chi connectivity index (χ3n) is 2.51. The molecule has 0 aliphatic carbocycles. The first-order valence-corrected chi connectivity index (χ1v) is 6.79. The molecule has 20 heavy (non-hydrogen) atoms. The molecule has 0 bridgehead atoms. The Kier molecular flexibility index (Phi) is 4.26. The van der Waals surface area contributed by atoms with Gasteiger partial charge in [0.05, 0.1) is 5.75 Å². The summed E-state index contributed by atoms with van der Waals surface area (Å²) in [5.74, 6) is 5.84. The Balaban J connectivity index is 2.11. The molecule has 2 aromatic heterocycles. The zero-order chi connectivity index (χ0) is 14.7. The van der Waals surface area contributed by atoms with Crippen LogP contribution < -0.4 is 16.8 Å². The number of hydrogen-bond acceptors (Lipinski definition) is 6. The number of amides is 1. The fourth-order valence-corrected chi connectivity index (χ4v) is 2.47. The van der Waals surface area contributed by atoms with E-state index in [0.29, 0.717) is 27.9 Å². The molecule has 0 radical (unpaired) electrons.